The Bertz CT molecular complexity index is 667. The number of nitrogens with zero attached hydrogens (tertiary/aromatic N) is 2. The summed E-state index contributed by atoms with van der Waals surface area (Å²) in [5.41, 5.74) is 1.94. The highest BCUT2D eigenvalue weighted by molar-refractivity contribution is 5.93. The van der Waals surface area contributed by atoms with Crippen molar-refractivity contribution in [2.75, 3.05) is 11.9 Å². The Hall–Kier alpha value is -2.81. The number of nitrogens with one attached hydrogen (secondary N) is 1. The molecule has 0 radical (unpaired) electrons. The molecule has 19 heavy (non-hydrogen) atoms. The van der Waals surface area contributed by atoms with Crippen molar-refractivity contribution in [1.82, 2.24) is 4.98 Å². The first-order valence-electron chi connectivity index (χ1n) is 5.61. The van der Waals surface area contributed by atoms with Gasteiger partial charge in [0.1, 0.15) is 11.6 Å². The highest BCUT2D eigenvalue weighted by atomic mass is 16.5. The van der Waals surface area contributed by atoms with Crippen molar-refractivity contribution < 1.29 is 13.9 Å². The van der Waals surface area contributed by atoms with E-state index in [0.29, 0.717) is 11.3 Å². The zero-order valence-electron chi connectivity index (χ0n) is 10.2. The van der Waals surface area contributed by atoms with Crippen molar-refractivity contribution in [3.8, 4) is 6.07 Å². The molecule has 0 aliphatic rings. The van der Waals surface area contributed by atoms with Gasteiger partial charge >= 0.3 is 5.97 Å². The second-order valence-corrected chi connectivity index (χ2v) is 3.57. The fraction of sp³-hybridized carbons (Fsp3) is 0.154. The maximum atomic E-state index is 11.4. The van der Waals surface area contributed by atoms with Gasteiger partial charge in [-0.1, -0.05) is 0 Å². The molecule has 0 unspecified atom stereocenters. The summed E-state index contributed by atoms with van der Waals surface area (Å²) in [5, 5.41) is 11.7. The number of nitriles is 1. The van der Waals surface area contributed by atoms with E-state index >= 15 is 0 Å². The lowest BCUT2D eigenvalue weighted by molar-refractivity contribution is -0.138. The average Bonchev–Trinajstić information content (AvgIpc) is 2.87. The third kappa shape index (κ3) is 2.90. The molecule has 0 aliphatic carbocycles. The Morgan fingerprint density at radius 2 is 2.47 bits per heavy atom. The van der Waals surface area contributed by atoms with E-state index in [1.165, 1.54) is 12.6 Å². The van der Waals surface area contributed by atoms with Crippen LogP contribution >= 0.6 is 0 Å². The predicted octanol–water partition coefficient (Wildman–Crippen LogP) is 2.21. The second-order valence-electron chi connectivity index (χ2n) is 3.57. The van der Waals surface area contributed by atoms with Crippen LogP contribution < -0.4 is 5.32 Å². The van der Waals surface area contributed by atoms with Crippen LogP contribution in [0.2, 0.25) is 0 Å². The summed E-state index contributed by atoms with van der Waals surface area (Å²) < 4.78 is 9.89. The molecule has 1 N–H and O–H groups in total. The van der Waals surface area contributed by atoms with Gasteiger partial charge < -0.3 is 14.5 Å². The number of rotatable bonds is 4. The van der Waals surface area contributed by atoms with Gasteiger partial charge in [-0.05, 0) is 19.1 Å². The lowest BCUT2D eigenvalue weighted by atomic mass is 10.2. The first kappa shape index (κ1) is 12.6. The quantitative estimate of drug-likeness (QED) is 0.513. The number of carbonyl (C=O) groups is 1. The molecule has 2 rings (SSSR count). The van der Waals surface area contributed by atoms with E-state index in [0.717, 1.165) is 5.52 Å². The molecule has 0 atom stereocenters. The topological polar surface area (TPSA) is 88.2 Å². The summed E-state index contributed by atoms with van der Waals surface area (Å²) in [4.78, 5) is 15.4. The largest absolute Gasteiger partial charge is 0.462 e. The number of anilines is 1. The summed E-state index contributed by atoms with van der Waals surface area (Å²) in [5.74, 6) is -0.654. The van der Waals surface area contributed by atoms with Crippen LogP contribution in [-0.4, -0.2) is 17.6 Å². The van der Waals surface area contributed by atoms with Crippen LogP contribution in [0, 0.1) is 11.3 Å². The van der Waals surface area contributed by atoms with Gasteiger partial charge in [-0.2, -0.15) is 5.26 Å². The van der Waals surface area contributed by atoms with Crippen molar-refractivity contribution >= 4 is 22.8 Å². The van der Waals surface area contributed by atoms with Gasteiger partial charge in [0.15, 0.2) is 17.5 Å². The SMILES string of the molecule is CCOC(=O)C(C#N)=CNc1ccc2ncoc2c1. The summed E-state index contributed by atoms with van der Waals surface area (Å²) in [7, 11) is 0. The van der Waals surface area contributed by atoms with Crippen LogP contribution in [0.5, 0.6) is 0 Å². The van der Waals surface area contributed by atoms with Gasteiger partial charge in [-0.15, -0.1) is 0 Å². The maximum absolute atomic E-state index is 11.4. The molecule has 0 aliphatic heterocycles. The van der Waals surface area contributed by atoms with Gasteiger partial charge in [0.05, 0.1) is 6.61 Å². The molecule has 0 spiro atoms. The monoisotopic (exact) mass is 257 g/mol. The number of ether oxygens (including phenoxy) is 1. The van der Waals surface area contributed by atoms with Gasteiger partial charge in [0.2, 0.25) is 0 Å². The van der Waals surface area contributed by atoms with Crippen molar-refractivity contribution in [3.05, 3.63) is 36.4 Å². The van der Waals surface area contributed by atoms with E-state index in [-0.39, 0.29) is 12.2 Å². The number of esters is 1. The van der Waals surface area contributed by atoms with E-state index in [1.54, 1.807) is 31.2 Å². The van der Waals surface area contributed by atoms with E-state index in [2.05, 4.69) is 10.3 Å². The molecule has 0 amide bonds. The zero-order valence-corrected chi connectivity index (χ0v) is 10.2. The third-order valence-electron chi connectivity index (χ3n) is 2.33. The summed E-state index contributed by atoms with van der Waals surface area (Å²) >= 11 is 0. The molecule has 0 saturated carbocycles. The normalized spacial score (nSPS) is 11.1. The van der Waals surface area contributed by atoms with Gasteiger partial charge in [0, 0.05) is 18.0 Å². The van der Waals surface area contributed by atoms with Crippen molar-refractivity contribution in [2.45, 2.75) is 6.92 Å². The van der Waals surface area contributed by atoms with E-state index < -0.39 is 5.97 Å². The predicted molar refractivity (Wildman–Crippen MR) is 68.0 cm³/mol. The summed E-state index contributed by atoms with van der Waals surface area (Å²) in [6.07, 6.45) is 2.65. The molecule has 0 bridgehead atoms. The third-order valence-corrected chi connectivity index (χ3v) is 2.33. The van der Waals surface area contributed by atoms with Crippen LogP contribution in [-0.2, 0) is 9.53 Å². The Morgan fingerprint density at radius 1 is 1.63 bits per heavy atom. The molecule has 1 heterocycles. The molecule has 1 aromatic carbocycles. The fourth-order valence-electron chi connectivity index (χ4n) is 1.45. The molecule has 0 fully saturated rings. The lowest BCUT2D eigenvalue weighted by Crippen LogP contribution is -2.07. The molecule has 6 nitrogen and oxygen atoms in total. The Kier molecular flexibility index (Phi) is 3.78. The molecular formula is C13H11N3O3. The molecule has 0 saturated heterocycles. The lowest BCUT2D eigenvalue weighted by Gasteiger charge is -2.02. The number of hydrogen-bond donors (Lipinski definition) is 1. The number of benzene rings is 1. The minimum atomic E-state index is -0.654. The molecule has 1 aromatic heterocycles. The molecule has 2 aromatic rings. The van der Waals surface area contributed by atoms with E-state index in [1.807, 2.05) is 0 Å². The number of aromatic nitrogens is 1. The molecule has 96 valence electrons. The van der Waals surface area contributed by atoms with Crippen molar-refractivity contribution in [1.29, 1.82) is 5.26 Å². The van der Waals surface area contributed by atoms with Crippen molar-refractivity contribution in [2.24, 2.45) is 0 Å². The number of hydrogen-bond acceptors (Lipinski definition) is 6. The first-order chi connectivity index (χ1) is 9.24. The fourth-order valence-corrected chi connectivity index (χ4v) is 1.45. The number of fused-ring (bicyclic) bond motifs is 1. The molecule has 6 heteroatoms. The van der Waals surface area contributed by atoms with Crippen LogP contribution in [0.3, 0.4) is 0 Å². The number of oxazole rings is 1. The highest BCUT2D eigenvalue weighted by Crippen LogP contribution is 2.17. The van der Waals surface area contributed by atoms with E-state index in [9.17, 15) is 4.79 Å². The minimum Gasteiger partial charge on any atom is -0.462 e. The summed E-state index contributed by atoms with van der Waals surface area (Å²) in [6, 6.07) is 7.03. The highest BCUT2D eigenvalue weighted by Gasteiger charge is 2.09. The van der Waals surface area contributed by atoms with E-state index in [4.69, 9.17) is 14.4 Å². The maximum Gasteiger partial charge on any atom is 0.350 e. The Balaban J connectivity index is 2.15. The van der Waals surface area contributed by atoms with Crippen LogP contribution in [0.1, 0.15) is 6.92 Å². The Labute approximate surface area is 109 Å². The van der Waals surface area contributed by atoms with Crippen LogP contribution in [0.15, 0.2) is 40.8 Å². The first-order valence-corrected chi connectivity index (χ1v) is 5.61. The van der Waals surface area contributed by atoms with Crippen LogP contribution in [0.4, 0.5) is 5.69 Å². The average molecular weight is 257 g/mol. The smallest absolute Gasteiger partial charge is 0.350 e. The van der Waals surface area contributed by atoms with Crippen LogP contribution in [0.25, 0.3) is 11.1 Å². The Morgan fingerprint density at radius 3 is 3.21 bits per heavy atom. The van der Waals surface area contributed by atoms with Gasteiger partial charge in [0.25, 0.3) is 0 Å². The minimum absolute atomic E-state index is 0.0977. The van der Waals surface area contributed by atoms with Gasteiger partial charge in [-0.25, -0.2) is 9.78 Å². The van der Waals surface area contributed by atoms with Crippen molar-refractivity contribution in [3.63, 3.8) is 0 Å². The zero-order chi connectivity index (χ0) is 13.7. The number of carbonyl (C=O) groups excluding carboxylic acids is 1. The second kappa shape index (κ2) is 5.69. The van der Waals surface area contributed by atoms with Gasteiger partial charge in [-0.3, -0.25) is 0 Å². The summed E-state index contributed by atoms with van der Waals surface area (Å²) in [6.45, 7) is 1.90. The molecular weight excluding hydrogens is 246 g/mol. The standard InChI is InChI=1S/C13H11N3O3/c1-2-18-13(17)9(6-14)7-15-10-3-4-11-12(5-10)19-8-16-11/h3-5,7-8,15H,2H2,1H3.